The number of halogens is 1. The van der Waals surface area contributed by atoms with Crippen molar-refractivity contribution in [2.75, 3.05) is 5.32 Å². The second-order valence-electron chi connectivity index (χ2n) is 4.77. The number of anilines is 1. The smallest absolute Gasteiger partial charge is 0.123 e. The van der Waals surface area contributed by atoms with Crippen molar-refractivity contribution >= 4 is 5.69 Å². The molecule has 3 heteroatoms. The Balaban J connectivity index is 1.85. The summed E-state index contributed by atoms with van der Waals surface area (Å²) in [5.74, 6) is -0.175. The third-order valence-electron chi connectivity index (χ3n) is 3.52. The molecule has 0 bridgehead atoms. The van der Waals surface area contributed by atoms with E-state index in [1.165, 1.54) is 6.07 Å². The minimum atomic E-state index is -0.175. The Kier molecular flexibility index (Phi) is 2.92. The van der Waals surface area contributed by atoms with Crippen LogP contribution in [0.5, 0.6) is 0 Å². The monoisotopic (exact) mass is 252 g/mol. The molecule has 1 aliphatic rings. The second kappa shape index (κ2) is 4.74. The lowest BCUT2D eigenvalue weighted by atomic mass is 10.1. The second-order valence-corrected chi connectivity index (χ2v) is 4.77. The molecular formula is C16H13FN2. The predicted octanol–water partition coefficient (Wildman–Crippen LogP) is 3.80. The van der Waals surface area contributed by atoms with Crippen molar-refractivity contribution in [3.63, 3.8) is 0 Å². The molecule has 3 rings (SSSR count). The molecule has 1 N–H and O–H groups in total. The van der Waals surface area contributed by atoms with E-state index in [0.717, 1.165) is 29.7 Å². The highest BCUT2D eigenvalue weighted by Crippen LogP contribution is 2.34. The summed E-state index contributed by atoms with van der Waals surface area (Å²) < 4.78 is 13.2. The molecule has 19 heavy (non-hydrogen) atoms. The van der Waals surface area contributed by atoms with Crippen molar-refractivity contribution in [1.82, 2.24) is 0 Å². The van der Waals surface area contributed by atoms with Gasteiger partial charge in [-0.1, -0.05) is 12.1 Å². The van der Waals surface area contributed by atoms with E-state index in [1.54, 1.807) is 12.1 Å². The van der Waals surface area contributed by atoms with Gasteiger partial charge in [-0.3, -0.25) is 0 Å². The fraction of sp³-hybridized carbons (Fsp3) is 0.188. The Morgan fingerprint density at radius 1 is 1.21 bits per heavy atom. The molecule has 1 atom stereocenters. The maximum absolute atomic E-state index is 13.2. The van der Waals surface area contributed by atoms with Crippen molar-refractivity contribution in [1.29, 1.82) is 5.26 Å². The Labute approximate surface area is 111 Å². The number of aryl methyl sites for hydroxylation is 1. The minimum absolute atomic E-state index is 0.175. The van der Waals surface area contributed by atoms with E-state index in [2.05, 4.69) is 11.4 Å². The lowest BCUT2D eigenvalue weighted by Crippen LogP contribution is -2.07. The van der Waals surface area contributed by atoms with Gasteiger partial charge in [0, 0.05) is 5.69 Å². The Morgan fingerprint density at radius 2 is 2.11 bits per heavy atom. The minimum Gasteiger partial charge on any atom is -0.378 e. The quantitative estimate of drug-likeness (QED) is 0.882. The van der Waals surface area contributed by atoms with Crippen molar-refractivity contribution in [3.8, 4) is 6.07 Å². The molecule has 2 aromatic carbocycles. The molecule has 94 valence electrons. The van der Waals surface area contributed by atoms with Gasteiger partial charge in [-0.05, 0) is 54.3 Å². The van der Waals surface area contributed by atoms with Crippen LogP contribution in [0.3, 0.4) is 0 Å². The van der Waals surface area contributed by atoms with Gasteiger partial charge in [0.15, 0.2) is 0 Å². The Bertz CT molecular complexity index is 658. The molecule has 2 aromatic rings. The van der Waals surface area contributed by atoms with Crippen molar-refractivity contribution in [3.05, 3.63) is 65.0 Å². The van der Waals surface area contributed by atoms with Crippen LogP contribution in [0.2, 0.25) is 0 Å². The summed E-state index contributed by atoms with van der Waals surface area (Å²) in [5, 5.41) is 12.3. The third-order valence-corrected chi connectivity index (χ3v) is 3.52. The number of fused-ring (bicyclic) bond motifs is 1. The molecule has 1 aliphatic carbocycles. The largest absolute Gasteiger partial charge is 0.378 e. The predicted molar refractivity (Wildman–Crippen MR) is 72.2 cm³/mol. The lowest BCUT2D eigenvalue weighted by molar-refractivity contribution is 0.626. The molecule has 2 nitrogen and oxygen atoms in total. The van der Waals surface area contributed by atoms with Gasteiger partial charge in [-0.15, -0.1) is 0 Å². The summed E-state index contributed by atoms with van der Waals surface area (Å²) in [4.78, 5) is 0. The molecule has 0 saturated heterocycles. The first kappa shape index (κ1) is 11.7. The van der Waals surface area contributed by atoms with E-state index in [0.29, 0.717) is 5.56 Å². The number of nitrogens with zero attached hydrogens (tertiary/aromatic N) is 1. The molecule has 0 heterocycles. The molecule has 0 aromatic heterocycles. The van der Waals surface area contributed by atoms with Gasteiger partial charge in [-0.2, -0.15) is 5.26 Å². The molecule has 0 radical (unpaired) electrons. The number of benzene rings is 2. The van der Waals surface area contributed by atoms with Crippen LogP contribution in [0.15, 0.2) is 42.5 Å². The summed E-state index contributed by atoms with van der Waals surface area (Å²) in [6.45, 7) is 0. The maximum atomic E-state index is 13.2. The zero-order valence-electron chi connectivity index (χ0n) is 10.4. The standard InChI is InChI=1S/C16H13FN2/c17-13-5-6-15-12(9-13)4-7-16(15)19-14-3-1-2-11(8-14)10-18/h1-3,5-6,8-9,16,19H,4,7H2. The molecule has 0 amide bonds. The van der Waals surface area contributed by atoms with E-state index in [4.69, 9.17) is 5.26 Å². The molecule has 0 aliphatic heterocycles. The van der Waals surface area contributed by atoms with Crippen molar-refractivity contribution in [2.24, 2.45) is 0 Å². The number of nitriles is 1. The van der Waals surface area contributed by atoms with E-state index in [-0.39, 0.29) is 11.9 Å². The van der Waals surface area contributed by atoms with E-state index < -0.39 is 0 Å². The van der Waals surface area contributed by atoms with Crippen LogP contribution >= 0.6 is 0 Å². The van der Waals surface area contributed by atoms with Crippen molar-refractivity contribution in [2.45, 2.75) is 18.9 Å². The summed E-state index contributed by atoms with van der Waals surface area (Å²) in [6.07, 6.45) is 1.85. The normalized spacial score (nSPS) is 16.7. The fourth-order valence-corrected chi connectivity index (χ4v) is 2.62. The first-order chi connectivity index (χ1) is 9.26. The first-order valence-corrected chi connectivity index (χ1v) is 6.31. The van der Waals surface area contributed by atoms with Crippen LogP contribution < -0.4 is 5.32 Å². The van der Waals surface area contributed by atoms with Crippen LogP contribution in [0.25, 0.3) is 0 Å². The summed E-state index contributed by atoms with van der Waals surface area (Å²) in [7, 11) is 0. The molecule has 0 saturated carbocycles. The van der Waals surface area contributed by atoms with Gasteiger partial charge in [-0.25, -0.2) is 4.39 Å². The summed E-state index contributed by atoms with van der Waals surface area (Å²) in [5.41, 5.74) is 3.81. The lowest BCUT2D eigenvalue weighted by Gasteiger charge is -2.15. The third kappa shape index (κ3) is 2.30. The number of hydrogen-bond acceptors (Lipinski definition) is 2. The van der Waals surface area contributed by atoms with Gasteiger partial charge in [0.2, 0.25) is 0 Å². The highest BCUT2D eigenvalue weighted by Gasteiger charge is 2.22. The van der Waals surface area contributed by atoms with Gasteiger partial charge >= 0.3 is 0 Å². The number of rotatable bonds is 2. The molecule has 1 unspecified atom stereocenters. The van der Waals surface area contributed by atoms with Gasteiger partial charge < -0.3 is 5.32 Å². The average Bonchev–Trinajstić information content (AvgIpc) is 2.81. The maximum Gasteiger partial charge on any atom is 0.123 e. The SMILES string of the molecule is N#Cc1cccc(NC2CCc3cc(F)ccc32)c1. The first-order valence-electron chi connectivity index (χ1n) is 6.31. The average molecular weight is 252 g/mol. The highest BCUT2D eigenvalue weighted by atomic mass is 19.1. The number of nitrogens with one attached hydrogen (secondary N) is 1. The van der Waals surface area contributed by atoms with Gasteiger partial charge in [0.25, 0.3) is 0 Å². The van der Waals surface area contributed by atoms with Crippen LogP contribution in [-0.4, -0.2) is 0 Å². The molecular weight excluding hydrogens is 239 g/mol. The zero-order chi connectivity index (χ0) is 13.2. The Morgan fingerprint density at radius 3 is 2.95 bits per heavy atom. The van der Waals surface area contributed by atoms with Crippen LogP contribution in [-0.2, 0) is 6.42 Å². The van der Waals surface area contributed by atoms with Crippen LogP contribution in [0.1, 0.15) is 29.2 Å². The Hall–Kier alpha value is -2.34. The van der Waals surface area contributed by atoms with Crippen molar-refractivity contribution < 1.29 is 4.39 Å². The fourth-order valence-electron chi connectivity index (χ4n) is 2.62. The topological polar surface area (TPSA) is 35.8 Å². The molecule has 0 spiro atoms. The van der Waals surface area contributed by atoms with E-state index >= 15 is 0 Å². The highest BCUT2D eigenvalue weighted by molar-refractivity contribution is 5.52. The van der Waals surface area contributed by atoms with Gasteiger partial charge in [0.05, 0.1) is 17.7 Å². The van der Waals surface area contributed by atoms with E-state index in [1.807, 2.05) is 24.3 Å². The van der Waals surface area contributed by atoms with E-state index in [9.17, 15) is 4.39 Å². The van der Waals surface area contributed by atoms with Crippen LogP contribution in [0.4, 0.5) is 10.1 Å². The summed E-state index contributed by atoms with van der Waals surface area (Å²) in [6, 6.07) is 14.7. The number of hydrogen-bond donors (Lipinski definition) is 1. The van der Waals surface area contributed by atoms with Gasteiger partial charge in [0.1, 0.15) is 5.82 Å². The van der Waals surface area contributed by atoms with Crippen LogP contribution in [0, 0.1) is 17.1 Å². The molecule has 0 fully saturated rings. The summed E-state index contributed by atoms with van der Waals surface area (Å²) >= 11 is 0. The zero-order valence-corrected chi connectivity index (χ0v) is 10.4.